The van der Waals surface area contributed by atoms with Crippen LogP contribution in [0.1, 0.15) is 52.8 Å². The lowest BCUT2D eigenvalue weighted by Gasteiger charge is -2.22. The summed E-state index contributed by atoms with van der Waals surface area (Å²) in [5, 5.41) is 10.2. The molecule has 0 spiro atoms. The maximum atomic E-state index is 12.7. The Morgan fingerprint density at radius 3 is 2.92 bits per heavy atom. The van der Waals surface area contributed by atoms with Crippen LogP contribution in [0.3, 0.4) is 0 Å². The molecule has 9 heteroatoms. The molecule has 3 aromatic rings. The number of nitrogens with zero attached hydrogens (tertiary/aromatic N) is 1. The molecule has 0 fully saturated rings. The number of amides is 2. The number of carbonyl (C=O) groups is 2. The second-order valence-electron chi connectivity index (χ2n) is 8.49. The average Bonchev–Trinajstić information content (AvgIpc) is 3.44. The Morgan fingerprint density at radius 1 is 1.33 bits per heavy atom. The molecule has 0 aliphatic heterocycles. The van der Waals surface area contributed by atoms with Gasteiger partial charge in [-0.1, -0.05) is 29.3 Å². The van der Waals surface area contributed by atoms with E-state index in [1.807, 2.05) is 31.2 Å². The normalized spacial score (nSPS) is 14.4. The molecule has 188 valence electrons. The molecule has 1 aliphatic carbocycles. The number of terminal acetylenes is 1. The third-order valence-corrected chi connectivity index (χ3v) is 7.05. The number of thiophene rings is 1. The molecule has 36 heavy (non-hydrogen) atoms. The van der Waals surface area contributed by atoms with Gasteiger partial charge in [-0.05, 0) is 50.3 Å². The quantitative estimate of drug-likeness (QED) is 0.404. The number of carbonyl (C=O) groups excluding carboxylic acids is 2. The van der Waals surface area contributed by atoms with Gasteiger partial charge in [-0.15, -0.1) is 17.8 Å². The number of fused-ring (bicyclic) bond motifs is 1. The number of aromatic nitrogens is 1. The van der Waals surface area contributed by atoms with Gasteiger partial charge in [0.25, 0.3) is 0 Å². The molecule has 0 bridgehead atoms. The fourth-order valence-corrected chi connectivity index (χ4v) is 5.49. The van der Waals surface area contributed by atoms with Crippen LogP contribution in [-0.2, 0) is 35.3 Å². The molecule has 1 atom stereocenters. The van der Waals surface area contributed by atoms with Gasteiger partial charge >= 0.3 is 6.09 Å². The van der Waals surface area contributed by atoms with Crippen LogP contribution >= 0.6 is 11.3 Å². The number of benzene rings is 1. The molecule has 0 saturated heterocycles. The molecule has 1 aliphatic rings. The summed E-state index contributed by atoms with van der Waals surface area (Å²) in [5.74, 6) is 4.12. The minimum atomic E-state index is -0.501. The van der Waals surface area contributed by atoms with E-state index in [2.05, 4.69) is 21.7 Å². The van der Waals surface area contributed by atoms with Crippen molar-refractivity contribution in [2.45, 2.75) is 58.6 Å². The molecule has 8 nitrogen and oxygen atoms in total. The first kappa shape index (κ1) is 25.3. The molecule has 1 unspecified atom stereocenters. The molecule has 2 aromatic heterocycles. The SMILES string of the molecule is C#Cc1c(NC(=O)CCc2ccccc2OCC)sc2c1CCC(OC(=O)NCc1cc(C)on1)C2. The topological polar surface area (TPSA) is 103 Å². The summed E-state index contributed by atoms with van der Waals surface area (Å²) in [6.07, 6.45) is 7.82. The van der Waals surface area contributed by atoms with Crippen molar-refractivity contribution in [2.75, 3.05) is 11.9 Å². The van der Waals surface area contributed by atoms with Crippen molar-refractivity contribution in [3.05, 3.63) is 63.4 Å². The maximum Gasteiger partial charge on any atom is 0.407 e. The van der Waals surface area contributed by atoms with Crippen LogP contribution in [0.15, 0.2) is 34.9 Å². The minimum Gasteiger partial charge on any atom is -0.494 e. The van der Waals surface area contributed by atoms with Gasteiger partial charge in [0.2, 0.25) is 5.91 Å². The number of ether oxygens (including phenoxy) is 2. The second kappa shape index (κ2) is 11.8. The third kappa shape index (κ3) is 6.26. The van der Waals surface area contributed by atoms with E-state index in [1.165, 1.54) is 11.3 Å². The van der Waals surface area contributed by atoms with Crippen LogP contribution in [0.25, 0.3) is 0 Å². The third-order valence-electron chi connectivity index (χ3n) is 5.88. The molecular formula is C27H29N3O5S. The zero-order valence-electron chi connectivity index (χ0n) is 20.4. The molecule has 2 N–H and O–H groups in total. The number of para-hydroxylation sites is 1. The lowest BCUT2D eigenvalue weighted by atomic mass is 9.93. The summed E-state index contributed by atoms with van der Waals surface area (Å²) in [7, 11) is 0. The Bertz CT molecular complexity index is 1270. The number of hydrogen-bond donors (Lipinski definition) is 2. The lowest BCUT2D eigenvalue weighted by molar-refractivity contribution is -0.116. The van der Waals surface area contributed by atoms with Crippen molar-refractivity contribution in [1.29, 1.82) is 0 Å². The van der Waals surface area contributed by atoms with E-state index in [0.717, 1.165) is 27.3 Å². The van der Waals surface area contributed by atoms with Crippen molar-refractivity contribution < 1.29 is 23.6 Å². The van der Waals surface area contributed by atoms with Crippen LogP contribution in [0, 0.1) is 19.3 Å². The summed E-state index contributed by atoms with van der Waals surface area (Å²) in [5.41, 5.74) is 3.41. The molecular weight excluding hydrogens is 478 g/mol. The van der Waals surface area contributed by atoms with Crippen LogP contribution in [0.2, 0.25) is 0 Å². The fraction of sp³-hybridized carbons (Fsp3) is 0.370. The number of anilines is 1. The van der Waals surface area contributed by atoms with Gasteiger partial charge < -0.3 is 24.6 Å². The fourth-order valence-electron chi connectivity index (χ4n) is 4.20. The smallest absolute Gasteiger partial charge is 0.407 e. The van der Waals surface area contributed by atoms with E-state index >= 15 is 0 Å². The van der Waals surface area contributed by atoms with Crippen molar-refractivity contribution in [3.63, 3.8) is 0 Å². The average molecular weight is 508 g/mol. The van der Waals surface area contributed by atoms with Crippen LogP contribution < -0.4 is 15.4 Å². The number of hydrogen-bond acceptors (Lipinski definition) is 7. The molecule has 4 rings (SSSR count). The van der Waals surface area contributed by atoms with E-state index in [1.54, 1.807) is 13.0 Å². The Balaban J connectivity index is 1.33. The molecule has 0 radical (unpaired) electrons. The Morgan fingerprint density at radius 2 is 2.17 bits per heavy atom. The first-order valence-electron chi connectivity index (χ1n) is 11.9. The van der Waals surface area contributed by atoms with Gasteiger partial charge in [0.15, 0.2) is 0 Å². The van der Waals surface area contributed by atoms with Gasteiger partial charge in [0.05, 0.1) is 18.7 Å². The zero-order valence-corrected chi connectivity index (χ0v) is 21.2. The van der Waals surface area contributed by atoms with E-state index in [9.17, 15) is 9.59 Å². The summed E-state index contributed by atoms with van der Waals surface area (Å²) in [6.45, 7) is 4.53. The van der Waals surface area contributed by atoms with Crippen molar-refractivity contribution >= 4 is 28.3 Å². The first-order chi connectivity index (χ1) is 17.5. The zero-order chi connectivity index (χ0) is 25.5. The number of nitrogens with one attached hydrogen (secondary N) is 2. The number of aryl methyl sites for hydroxylation is 2. The first-order valence-corrected chi connectivity index (χ1v) is 12.8. The van der Waals surface area contributed by atoms with Crippen LogP contribution in [0.4, 0.5) is 9.80 Å². The van der Waals surface area contributed by atoms with Gasteiger partial charge in [-0.2, -0.15) is 0 Å². The van der Waals surface area contributed by atoms with E-state index in [-0.39, 0.29) is 18.6 Å². The van der Waals surface area contributed by atoms with Gasteiger partial charge in [-0.3, -0.25) is 4.79 Å². The highest BCUT2D eigenvalue weighted by Gasteiger charge is 2.28. The van der Waals surface area contributed by atoms with Crippen LogP contribution in [-0.4, -0.2) is 29.9 Å². The van der Waals surface area contributed by atoms with Crippen molar-refractivity contribution in [3.8, 4) is 18.1 Å². The van der Waals surface area contributed by atoms with Gasteiger partial charge in [0.1, 0.15) is 28.3 Å². The van der Waals surface area contributed by atoms with E-state index in [4.69, 9.17) is 20.4 Å². The summed E-state index contributed by atoms with van der Waals surface area (Å²) < 4.78 is 16.3. The van der Waals surface area contributed by atoms with E-state index < -0.39 is 6.09 Å². The maximum absolute atomic E-state index is 12.7. The highest BCUT2D eigenvalue weighted by atomic mass is 32.1. The number of alkyl carbamates (subject to hydrolysis) is 1. The molecule has 0 saturated carbocycles. The number of rotatable bonds is 9. The minimum absolute atomic E-state index is 0.105. The van der Waals surface area contributed by atoms with Gasteiger partial charge in [0, 0.05) is 23.8 Å². The molecule has 1 aromatic carbocycles. The van der Waals surface area contributed by atoms with Crippen molar-refractivity contribution in [2.24, 2.45) is 0 Å². The second-order valence-corrected chi connectivity index (χ2v) is 9.60. The Kier molecular flexibility index (Phi) is 8.28. The van der Waals surface area contributed by atoms with E-state index in [0.29, 0.717) is 55.2 Å². The largest absolute Gasteiger partial charge is 0.494 e. The predicted molar refractivity (Wildman–Crippen MR) is 137 cm³/mol. The Labute approximate surface area is 214 Å². The summed E-state index contributed by atoms with van der Waals surface area (Å²) in [6, 6.07) is 9.50. The highest BCUT2D eigenvalue weighted by molar-refractivity contribution is 7.16. The van der Waals surface area contributed by atoms with Crippen LogP contribution in [0.5, 0.6) is 5.75 Å². The predicted octanol–water partition coefficient (Wildman–Crippen LogP) is 4.78. The van der Waals surface area contributed by atoms with Gasteiger partial charge in [-0.25, -0.2) is 4.79 Å². The lowest BCUT2D eigenvalue weighted by Crippen LogP contribution is -2.31. The summed E-state index contributed by atoms with van der Waals surface area (Å²) in [4.78, 5) is 26.0. The highest BCUT2D eigenvalue weighted by Crippen LogP contribution is 2.38. The standard InChI is InChI=1S/C27H29N3O5S/c1-4-21-22-12-11-20(34-27(32)28-16-19-14-17(3)35-30-19)15-24(22)36-26(21)29-25(31)13-10-18-8-6-7-9-23(18)33-5-2/h1,6-9,14,20H,5,10-13,15-16H2,2-3H3,(H,28,32)(H,29,31). The monoisotopic (exact) mass is 507 g/mol. The Hall–Kier alpha value is -3.77. The summed E-state index contributed by atoms with van der Waals surface area (Å²) >= 11 is 1.46. The molecule has 2 heterocycles. The van der Waals surface area contributed by atoms with Crippen molar-refractivity contribution in [1.82, 2.24) is 10.5 Å². The molecule has 2 amide bonds.